The van der Waals surface area contributed by atoms with Crippen LogP contribution in [0, 0.1) is 11.8 Å². The average Bonchev–Trinajstić information content (AvgIpc) is 3.37. The van der Waals surface area contributed by atoms with E-state index in [0.29, 0.717) is 28.6 Å². The van der Waals surface area contributed by atoms with E-state index in [-0.39, 0.29) is 10.7 Å². The number of tetrazole rings is 1. The highest BCUT2D eigenvalue weighted by Crippen LogP contribution is 2.41. The van der Waals surface area contributed by atoms with Crippen LogP contribution in [0.1, 0.15) is 0 Å². The molecule has 0 spiro atoms. The Hall–Kier alpha value is -2.63. The Morgan fingerprint density at radius 2 is 2.31 bits per heavy atom. The first-order valence-corrected chi connectivity index (χ1v) is 10.6. The number of carbonyl (C=O) groups is 3. The fraction of sp³-hybridized carbons (Fsp3) is 0.400. The summed E-state index contributed by atoms with van der Waals surface area (Å²) in [5.41, 5.74) is -0.478. The lowest BCUT2D eigenvalue weighted by molar-refractivity contribution is -0.148. The van der Waals surface area contributed by atoms with Gasteiger partial charge in [-0.3, -0.25) is 14.5 Å². The number of aliphatic carboxylic acids is 1. The number of thiocarbonyl (C=S) groups is 1. The first-order valence-electron chi connectivity index (χ1n) is 8.20. The van der Waals surface area contributed by atoms with Crippen molar-refractivity contribution >= 4 is 59.0 Å². The number of β-lactam (4-membered cyclic amide) rings is 1. The van der Waals surface area contributed by atoms with E-state index < -0.39 is 28.8 Å². The second kappa shape index (κ2) is 7.32. The van der Waals surface area contributed by atoms with Gasteiger partial charge in [0.15, 0.2) is 0 Å². The molecule has 29 heavy (non-hydrogen) atoms. The van der Waals surface area contributed by atoms with Gasteiger partial charge in [-0.1, -0.05) is 35.8 Å². The summed E-state index contributed by atoms with van der Waals surface area (Å²) in [6.45, 7) is 0. The highest BCUT2D eigenvalue weighted by atomic mass is 32.2. The van der Waals surface area contributed by atoms with Crippen LogP contribution >= 0.6 is 35.7 Å². The number of hydrogen-bond donors (Lipinski definition) is 3. The van der Waals surface area contributed by atoms with Crippen molar-refractivity contribution in [2.24, 2.45) is 7.05 Å². The highest BCUT2D eigenvalue weighted by Gasteiger charge is 2.55. The Labute approximate surface area is 178 Å². The average molecular weight is 452 g/mol. The summed E-state index contributed by atoms with van der Waals surface area (Å²) >= 11 is 7.99. The van der Waals surface area contributed by atoms with Crippen LogP contribution in [-0.2, 0) is 21.4 Å². The number of hydrogen-bond acceptors (Lipinski definition) is 9. The maximum atomic E-state index is 12.7. The molecule has 3 aliphatic rings. The lowest BCUT2D eigenvalue weighted by Crippen LogP contribution is -2.71. The predicted molar refractivity (Wildman–Crippen MR) is 107 cm³/mol. The van der Waals surface area contributed by atoms with Gasteiger partial charge in [0.1, 0.15) is 22.1 Å². The van der Waals surface area contributed by atoms with Crippen molar-refractivity contribution in [1.29, 1.82) is 0 Å². The summed E-state index contributed by atoms with van der Waals surface area (Å²) in [5, 5.41) is 26.4. The molecule has 1 aliphatic carbocycles. The van der Waals surface area contributed by atoms with Crippen molar-refractivity contribution in [1.82, 2.24) is 35.7 Å². The first-order chi connectivity index (χ1) is 13.9. The number of amides is 2. The fourth-order valence-corrected chi connectivity index (χ4v) is 5.56. The number of carboxylic acid groups (broad SMARTS) is 1. The molecule has 4 rings (SSSR count). The van der Waals surface area contributed by atoms with Crippen molar-refractivity contribution in [3.8, 4) is 11.8 Å². The Morgan fingerprint density at radius 3 is 2.90 bits per heavy atom. The number of aromatic nitrogens is 4. The topological polar surface area (TPSA) is 142 Å². The first kappa shape index (κ1) is 19.7. The van der Waals surface area contributed by atoms with E-state index in [1.54, 1.807) is 7.05 Å². The Kier molecular flexibility index (Phi) is 4.97. The normalized spacial score (nSPS) is 23.3. The number of thioether (sulfide) groups is 2. The van der Waals surface area contributed by atoms with Crippen LogP contribution in [0.3, 0.4) is 0 Å². The highest BCUT2D eigenvalue weighted by molar-refractivity contribution is 8.01. The number of rotatable bonds is 8. The van der Waals surface area contributed by atoms with Crippen molar-refractivity contribution in [2.75, 3.05) is 11.5 Å². The number of aryl methyl sites for hydroxylation is 1. The van der Waals surface area contributed by atoms with Crippen LogP contribution in [0.25, 0.3) is 0 Å². The lowest BCUT2D eigenvalue weighted by atomic mass is 10.0. The number of carbonyl (C=O) groups excluding carboxylic acids is 2. The van der Waals surface area contributed by atoms with Gasteiger partial charge in [-0.15, -0.1) is 16.9 Å². The van der Waals surface area contributed by atoms with Crippen molar-refractivity contribution in [3.05, 3.63) is 11.3 Å². The zero-order valence-corrected chi connectivity index (χ0v) is 17.2. The van der Waals surface area contributed by atoms with Crippen LogP contribution < -0.4 is 10.6 Å². The summed E-state index contributed by atoms with van der Waals surface area (Å²) in [4.78, 5) is 36.8. The van der Waals surface area contributed by atoms with E-state index in [1.807, 2.05) is 0 Å². The number of fused-ring (bicyclic) bond motifs is 1. The second-order valence-corrected chi connectivity index (χ2v) is 8.71. The Bertz CT molecular complexity index is 1020. The van der Waals surface area contributed by atoms with Crippen molar-refractivity contribution < 1.29 is 19.5 Å². The zero-order valence-electron chi connectivity index (χ0n) is 14.8. The van der Waals surface area contributed by atoms with Crippen LogP contribution in [0.15, 0.2) is 16.4 Å². The van der Waals surface area contributed by atoms with Gasteiger partial charge >= 0.3 is 5.97 Å². The summed E-state index contributed by atoms with van der Waals surface area (Å²) in [5.74, 6) is 4.63. The SMILES string of the molecule is Cn1nnnc1SCC1=C(C(=O)O)N2C(=O)C(NC(=S)C3(NC=O)C#C3)[C@@H]2SC1. The van der Waals surface area contributed by atoms with Gasteiger partial charge in [0, 0.05) is 18.6 Å². The molecule has 1 aromatic heterocycles. The Balaban J connectivity index is 1.47. The van der Waals surface area contributed by atoms with Gasteiger partial charge < -0.3 is 15.7 Å². The smallest absolute Gasteiger partial charge is 0.352 e. The molecule has 1 aromatic rings. The molecule has 3 N–H and O–H groups in total. The minimum absolute atomic E-state index is 0.0197. The molecule has 2 atom stereocenters. The van der Waals surface area contributed by atoms with E-state index in [1.165, 1.54) is 33.1 Å². The molecule has 0 radical (unpaired) electrons. The molecule has 1 saturated heterocycles. The standard InChI is InChI=1S/C15H13N7O4S3/c1-21-14(18-19-20-21)29-5-7-4-28-11-8(10(24)22(11)9(7)12(25)26)17-13(27)15(2-3-15)16-6-23/h6,8,11H,4-5H2,1H3,(H,16,23)(H,17,27)(H,25,26)/t8?,11-/m0/s1. The third-order valence-corrected chi connectivity index (χ3v) is 7.34. The van der Waals surface area contributed by atoms with Crippen LogP contribution in [0.2, 0.25) is 0 Å². The van der Waals surface area contributed by atoms with Crippen LogP contribution in [0.5, 0.6) is 0 Å². The van der Waals surface area contributed by atoms with E-state index in [9.17, 15) is 19.5 Å². The van der Waals surface area contributed by atoms with Gasteiger partial charge in [-0.25, -0.2) is 9.48 Å². The van der Waals surface area contributed by atoms with E-state index in [2.05, 4.69) is 38.0 Å². The van der Waals surface area contributed by atoms with E-state index >= 15 is 0 Å². The molecule has 11 nitrogen and oxygen atoms in total. The van der Waals surface area contributed by atoms with Gasteiger partial charge in [0.05, 0.1) is 0 Å². The molecule has 14 heteroatoms. The zero-order chi connectivity index (χ0) is 20.8. The molecular formula is C15H13N7O4S3. The maximum absolute atomic E-state index is 12.7. The molecule has 0 aromatic carbocycles. The molecule has 150 valence electrons. The van der Waals surface area contributed by atoms with Crippen LogP contribution in [-0.4, -0.2) is 81.9 Å². The van der Waals surface area contributed by atoms with Gasteiger partial charge in [0.25, 0.3) is 5.91 Å². The third-order valence-electron chi connectivity index (χ3n) is 4.48. The molecule has 3 heterocycles. The van der Waals surface area contributed by atoms with Gasteiger partial charge in [-0.2, -0.15) is 0 Å². The number of carboxylic acids is 1. The second-order valence-electron chi connectivity index (χ2n) is 6.25. The molecule has 2 aliphatic heterocycles. The number of nitrogens with zero attached hydrogens (tertiary/aromatic N) is 5. The van der Waals surface area contributed by atoms with E-state index in [4.69, 9.17) is 12.2 Å². The molecular weight excluding hydrogens is 438 g/mol. The van der Waals surface area contributed by atoms with Crippen molar-refractivity contribution in [2.45, 2.75) is 22.1 Å². The monoisotopic (exact) mass is 451 g/mol. The van der Waals surface area contributed by atoms with E-state index in [0.717, 1.165) is 0 Å². The third kappa shape index (κ3) is 3.34. The molecule has 0 bridgehead atoms. The summed E-state index contributed by atoms with van der Waals surface area (Å²) in [7, 11) is 1.69. The van der Waals surface area contributed by atoms with Gasteiger partial charge in [0.2, 0.25) is 17.1 Å². The molecule has 0 saturated carbocycles. The summed E-state index contributed by atoms with van der Waals surface area (Å²) in [6.07, 6.45) is 0.479. The minimum Gasteiger partial charge on any atom is -0.477 e. The maximum Gasteiger partial charge on any atom is 0.352 e. The summed E-state index contributed by atoms with van der Waals surface area (Å²) in [6, 6.07) is -0.687. The predicted octanol–water partition coefficient (Wildman–Crippen LogP) is -1.66. The molecule has 1 unspecified atom stereocenters. The minimum atomic E-state index is -1.17. The Morgan fingerprint density at radius 1 is 1.55 bits per heavy atom. The van der Waals surface area contributed by atoms with Crippen LogP contribution in [0.4, 0.5) is 0 Å². The quantitative estimate of drug-likeness (QED) is 0.137. The van der Waals surface area contributed by atoms with Gasteiger partial charge in [-0.05, 0) is 16.0 Å². The lowest BCUT2D eigenvalue weighted by Gasteiger charge is -2.50. The summed E-state index contributed by atoms with van der Waals surface area (Å²) < 4.78 is 1.49. The molecule has 1 fully saturated rings. The fourth-order valence-electron chi connectivity index (χ4n) is 2.94. The largest absolute Gasteiger partial charge is 0.477 e. The number of nitrogens with one attached hydrogen (secondary N) is 2. The van der Waals surface area contributed by atoms with Crippen molar-refractivity contribution in [3.63, 3.8) is 0 Å². The molecule has 2 amide bonds.